The molecule has 0 heterocycles. The van der Waals surface area contributed by atoms with Gasteiger partial charge in [-0.1, -0.05) is 20.3 Å². The predicted octanol–water partition coefficient (Wildman–Crippen LogP) is 2.50. The standard InChI is InChI=1S/C15H32N2O/c1-15(2,13-16)8-4-5-9-17(3)10-11-18-12-14-6-7-14/h14H,4-13,16H2,1-3H3. The molecule has 3 heteroatoms. The van der Waals surface area contributed by atoms with Crippen LogP contribution in [0.4, 0.5) is 0 Å². The highest BCUT2D eigenvalue weighted by molar-refractivity contribution is 4.72. The second-order valence-electron chi connectivity index (χ2n) is 6.65. The van der Waals surface area contributed by atoms with Gasteiger partial charge in [0.25, 0.3) is 0 Å². The lowest BCUT2D eigenvalue weighted by Gasteiger charge is -2.23. The molecule has 0 saturated heterocycles. The van der Waals surface area contributed by atoms with Gasteiger partial charge in [0.05, 0.1) is 6.61 Å². The number of ether oxygens (including phenoxy) is 1. The fraction of sp³-hybridized carbons (Fsp3) is 1.00. The molecule has 1 saturated carbocycles. The third kappa shape index (κ3) is 8.06. The molecule has 0 unspecified atom stereocenters. The summed E-state index contributed by atoms with van der Waals surface area (Å²) in [6, 6.07) is 0. The zero-order valence-electron chi connectivity index (χ0n) is 12.6. The van der Waals surface area contributed by atoms with E-state index in [1.54, 1.807) is 0 Å². The average molecular weight is 256 g/mol. The molecule has 0 bridgehead atoms. The Morgan fingerprint density at radius 2 is 1.94 bits per heavy atom. The van der Waals surface area contributed by atoms with Gasteiger partial charge in [0.2, 0.25) is 0 Å². The molecule has 0 atom stereocenters. The van der Waals surface area contributed by atoms with E-state index in [1.807, 2.05) is 0 Å². The Kier molecular flexibility index (Phi) is 7.20. The smallest absolute Gasteiger partial charge is 0.0593 e. The highest BCUT2D eigenvalue weighted by Gasteiger charge is 2.20. The minimum Gasteiger partial charge on any atom is -0.380 e. The molecule has 0 amide bonds. The SMILES string of the molecule is CN(CCCCC(C)(C)CN)CCOCC1CC1. The summed E-state index contributed by atoms with van der Waals surface area (Å²) in [5.74, 6) is 0.883. The molecule has 0 spiro atoms. The number of hydrogen-bond donors (Lipinski definition) is 1. The van der Waals surface area contributed by atoms with Gasteiger partial charge in [-0.05, 0) is 57.2 Å². The molecule has 1 aliphatic rings. The lowest BCUT2D eigenvalue weighted by molar-refractivity contribution is 0.103. The molecular formula is C15H32N2O. The van der Waals surface area contributed by atoms with Crippen molar-refractivity contribution in [3.63, 3.8) is 0 Å². The fourth-order valence-electron chi connectivity index (χ4n) is 1.95. The van der Waals surface area contributed by atoms with Crippen molar-refractivity contribution in [3.8, 4) is 0 Å². The molecule has 0 aromatic heterocycles. The zero-order valence-corrected chi connectivity index (χ0v) is 12.6. The normalized spacial score (nSPS) is 16.5. The van der Waals surface area contributed by atoms with Gasteiger partial charge in [0.15, 0.2) is 0 Å². The van der Waals surface area contributed by atoms with Gasteiger partial charge in [0.1, 0.15) is 0 Å². The van der Waals surface area contributed by atoms with Gasteiger partial charge in [0, 0.05) is 13.2 Å². The summed E-state index contributed by atoms with van der Waals surface area (Å²) >= 11 is 0. The van der Waals surface area contributed by atoms with Crippen molar-refractivity contribution in [3.05, 3.63) is 0 Å². The molecule has 108 valence electrons. The van der Waals surface area contributed by atoms with Crippen molar-refractivity contribution in [1.82, 2.24) is 4.90 Å². The molecule has 0 aromatic rings. The van der Waals surface area contributed by atoms with Gasteiger partial charge >= 0.3 is 0 Å². The van der Waals surface area contributed by atoms with Crippen LogP contribution in [0.3, 0.4) is 0 Å². The highest BCUT2D eigenvalue weighted by Crippen LogP contribution is 2.28. The van der Waals surface area contributed by atoms with Crippen LogP contribution in [0.25, 0.3) is 0 Å². The van der Waals surface area contributed by atoms with E-state index in [1.165, 1.54) is 38.6 Å². The minimum atomic E-state index is 0.311. The Balaban J connectivity index is 1.87. The Labute approximate surface area is 113 Å². The van der Waals surface area contributed by atoms with E-state index in [4.69, 9.17) is 10.5 Å². The van der Waals surface area contributed by atoms with Gasteiger partial charge < -0.3 is 15.4 Å². The van der Waals surface area contributed by atoms with E-state index in [0.29, 0.717) is 5.41 Å². The lowest BCUT2D eigenvalue weighted by Crippen LogP contribution is -2.26. The lowest BCUT2D eigenvalue weighted by atomic mass is 9.87. The first kappa shape index (κ1) is 15.9. The summed E-state index contributed by atoms with van der Waals surface area (Å²) in [4.78, 5) is 2.38. The third-order valence-electron chi connectivity index (χ3n) is 3.86. The second kappa shape index (κ2) is 8.13. The molecule has 1 rings (SSSR count). The van der Waals surface area contributed by atoms with Crippen LogP contribution in [-0.2, 0) is 4.74 Å². The maximum Gasteiger partial charge on any atom is 0.0593 e. The van der Waals surface area contributed by atoms with Crippen molar-refractivity contribution in [2.75, 3.05) is 39.9 Å². The molecule has 0 aliphatic heterocycles. The summed E-state index contributed by atoms with van der Waals surface area (Å²) in [5.41, 5.74) is 6.04. The Morgan fingerprint density at radius 1 is 1.22 bits per heavy atom. The summed E-state index contributed by atoms with van der Waals surface area (Å²) in [7, 11) is 2.19. The molecule has 3 nitrogen and oxygen atoms in total. The van der Waals surface area contributed by atoms with E-state index < -0.39 is 0 Å². The zero-order chi connectivity index (χ0) is 13.4. The molecule has 1 fully saturated rings. The average Bonchev–Trinajstić information content (AvgIpc) is 3.14. The van der Waals surface area contributed by atoms with Crippen molar-refractivity contribution in [2.24, 2.45) is 17.1 Å². The van der Waals surface area contributed by atoms with Crippen molar-refractivity contribution < 1.29 is 4.74 Å². The number of rotatable bonds is 11. The van der Waals surface area contributed by atoms with Gasteiger partial charge in [-0.2, -0.15) is 0 Å². The summed E-state index contributed by atoms with van der Waals surface area (Å²) in [5, 5.41) is 0. The maximum atomic E-state index is 5.73. The Morgan fingerprint density at radius 3 is 2.56 bits per heavy atom. The Hall–Kier alpha value is -0.120. The van der Waals surface area contributed by atoms with E-state index >= 15 is 0 Å². The van der Waals surface area contributed by atoms with Crippen LogP contribution in [0, 0.1) is 11.3 Å². The van der Waals surface area contributed by atoms with Crippen LogP contribution in [0.15, 0.2) is 0 Å². The fourth-order valence-corrected chi connectivity index (χ4v) is 1.95. The first-order valence-corrected chi connectivity index (χ1v) is 7.50. The molecular weight excluding hydrogens is 224 g/mol. The number of hydrogen-bond acceptors (Lipinski definition) is 3. The molecule has 0 aromatic carbocycles. The first-order valence-electron chi connectivity index (χ1n) is 7.50. The molecule has 18 heavy (non-hydrogen) atoms. The summed E-state index contributed by atoms with van der Waals surface area (Å²) in [6.07, 6.45) is 6.54. The van der Waals surface area contributed by atoms with E-state index in [0.717, 1.165) is 32.2 Å². The van der Waals surface area contributed by atoms with Crippen molar-refractivity contribution in [2.45, 2.75) is 46.0 Å². The van der Waals surface area contributed by atoms with Gasteiger partial charge in [-0.3, -0.25) is 0 Å². The van der Waals surface area contributed by atoms with Crippen LogP contribution in [0.1, 0.15) is 46.0 Å². The quantitative estimate of drug-likeness (QED) is 0.577. The molecule has 1 aliphatic carbocycles. The number of unbranched alkanes of at least 4 members (excludes halogenated alkanes) is 1. The van der Waals surface area contributed by atoms with Crippen LogP contribution in [0.5, 0.6) is 0 Å². The van der Waals surface area contributed by atoms with Crippen LogP contribution >= 0.6 is 0 Å². The van der Waals surface area contributed by atoms with Gasteiger partial charge in [-0.25, -0.2) is 0 Å². The van der Waals surface area contributed by atoms with Crippen LogP contribution < -0.4 is 5.73 Å². The molecule has 0 radical (unpaired) electrons. The first-order chi connectivity index (χ1) is 8.53. The minimum absolute atomic E-state index is 0.311. The summed E-state index contributed by atoms with van der Waals surface area (Å²) < 4.78 is 5.65. The van der Waals surface area contributed by atoms with Crippen molar-refractivity contribution in [1.29, 1.82) is 0 Å². The van der Waals surface area contributed by atoms with Crippen molar-refractivity contribution >= 4 is 0 Å². The predicted molar refractivity (Wildman–Crippen MR) is 77.7 cm³/mol. The third-order valence-corrected chi connectivity index (χ3v) is 3.86. The molecule has 2 N–H and O–H groups in total. The van der Waals surface area contributed by atoms with E-state index in [2.05, 4.69) is 25.8 Å². The van der Waals surface area contributed by atoms with Gasteiger partial charge in [-0.15, -0.1) is 0 Å². The number of nitrogens with zero attached hydrogens (tertiary/aromatic N) is 1. The second-order valence-corrected chi connectivity index (χ2v) is 6.65. The van der Waals surface area contributed by atoms with Crippen LogP contribution in [0.2, 0.25) is 0 Å². The van der Waals surface area contributed by atoms with E-state index in [9.17, 15) is 0 Å². The number of likely N-dealkylation sites (N-methyl/N-ethyl adjacent to an activating group) is 1. The monoisotopic (exact) mass is 256 g/mol. The largest absolute Gasteiger partial charge is 0.380 e. The number of nitrogens with two attached hydrogens (primary N) is 1. The summed E-state index contributed by atoms with van der Waals surface area (Å²) in [6.45, 7) is 9.41. The van der Waals surface area contributed by atoms with Crippen LogP contribution in [-0.4, -0.2) is 44.8 Å². The van der Waals surface area contributed by atoms with E-state index in [-0.39, 0.29) is 0 Å². The highest BCUT2D eigenvalue weighted by atomic mass is 16.5. The topological polar surface area (TPSA) is 38.5 Å². The maximum absolute atomic E-state index is 5.73. The Bertz CT molecular complexity index is 215.